The number of carbonyl (C=O) groups excluding carboxylic acids is 1. The molecule has 22 heavy (non-hydrogen) atoms. The van der Waals surface area contributed by atoms with Gasteiger partial charge in [0, 0.05) is 6.04 Å². The van der Waals surface area contributed by atoms with Gasteiger partial charge in [-0.1, -0.05) is 20.3 Å². The summed E-state index contributed by atoms with van der Waals surface area (Å²) in [5.41, 5.74) is -2.88. The Labute approximate surface area is 124 Å². The summed E-state index contributed by atoms with van der Waals surface area (Å²) in [5.74, 6) is -12.0. The van der Waals surface area contributed by atoms with Crippen molar-refractivity contribution in [3.8, 4) is 0 Å². The zero-order valence-electron chi connectivity index (χ0n) is 12.0. The first-order valence-corrected chi connectivity index (χ1v) is 6.66. The molecule has 0 saturated heterocycles. The molecule has 0 aliphatic rings. The number of hydrogen-bond acceptors (Lipinski definition) is 2. The van der Waals surface area contributed by atoms with Crippen LogP contribution in [0.4, 0.5) is 17.6 Å². The van der Waals surface area contributed by atoms with E-state index in [1.807, 2.05) is 6.92 Å². The van der Waals surface area contributed by atoms with Gasteiger partial charge in [0.05, 0.1) is 5.56 Å². The summed E-state index contributed by atoms with van der Waals surface area (Å²) in [6, 6.07) is -0.422. The number of halogens is 4. The lowest BCUT2D eigenvalue weighted by molar-refractivity contribution is 0.0681. The maximum absolute atomic E-state index is 13.7. The number of carboxylic acids is 1. The van der Waals surface area contributed by atoms with Gasteiger partial charge < -0.3 is 10.4 Å². The van der Waals surface area contributed by atoms with Gasteiger partial charge >= 0.3 is 5.97 Å². The van der Waals surface area contributed by atoms with Gasteiger partial charge in [-0.05, 0) is 12.8 Å². The van der Waals surface area contributed by atoms with Crippen LogP contribution >= 0.6 is 0 Å². The molecule has 0 aromatic heterocycles. The monoisotopic (exact) mass is 321 g/mol. The van der Waals surface area contributed by atoms with Crippen molar-refractivity contribution in [1.29, 1.82) is 0 Å². The van der Waals surface area contributed by atoms with E-state index in [0.717, 1.165) is 0 Å². The van der Waals surface area contributed by atoms with Gasteiger partial charge in [-0.15, -0.1) is 0 Å². The second-order valence-corrected chi connectivity index (χ2v) is 4.68. The van der Waals surface area contributed by atoms with Crippen molar-refractivity contribution < 1.29 is 32.3 Å². The highest BCUT2D eigenvalue weighted by Gasteiger charge is 2.33. The SMILES string of the molecule is CCCC(CC)NC(=O)c1c(F)c(F)c(F)c(F)c1C(=O)O. The van der Waals surface area contributed by atoms with Crippen molar-refractivity contribution in [2.24, 2.45) is 0 Å². The molecule has 0 spiro atoms. The molecule has 2 N–H and O–H groups in total. The van der Waals surface area contributed by atoms with E-state index < -0.39 is 52.3 Å². The highest BCUT2D eigenvalue weighted by molar-refractivity contribution is 6.05. The van der Waals surface area contributed by atoms with Gasteiger partial charge in [0.25, 0.3) is 5.91 Å². The van der Waals surface area contributed by atoms with E-state index in [0.29, 0.717) is 19.3 Å². The second-order valence-electron chi connectivity index (χ2n) is 4.68. The van der Waals surface area contributed by atoms with E-state index in [1.165, 1.54) is 0 Å². The zero-order chi connectivity index (χ0) is 17.0. The van der Waals surface area contributed by atoms with Crippen molar-refractivity contribution in [3.05, 3.63) is 34.4 Å². The molecule has 0 heterocycles. The van der Waals surface area contributed by atoms with Gasteiger partial charge in [0.1, 0.15) is 5.56 Å². The highest BCUT2D eigenvalue weighted by Crippen LogP contribution is 2.24. The third-order valence-corrected chi connectivity index (χ3v) is 3.17. The smallest absolute Gasteiger partial charge is 0.339 e. The van der Waals surface area contributed by atoms with Gasteiger partial charge in [0.2, 0.25) is 0 Å². The minimum atomic E-state index is -2.27. The number of carboxylic acid groups (broad SMARTS) is 1. The summed E-state index contributed by atoms with van der Waals surface area (Å²) < 4.78 is 53.7. The van der Waals surface area contributed by atoms with Crippen LogP contribution < -0.4 is 5.32 Å². The number of hydrogen-bond donors (Lipinski definition) is 2. The molecule has 0 saturated carbocycles. The van der Waals surface area contributed by atoms with Gasteiger partial charge in [-0.25, -0.2) is 22.4 Å². The van der Waals surface area contributed by atoms with Crippen molar-refractivity contribution in [2.45, 2.75) is 39.2 Å². The van der Waals surface area contributed by atoms with Crippen LogP contribution in [0.1, 0.15) is 53.8 Å². The predicted octanol–water partition coefficient (Wildman–Crippen LogP) is 3.25. The fourth-order valence-corrected chi connectivity index (χ4v) is 2.03. The van der Waals surface area contributed by atoms with Crippen LogP contribution in [0, 0.1) is 23.3 Å². The van der Waals surface area contributed by atoms with Crippen molar-refractivity contribution in [2.75, 3.05) is 0 Å². The zero-order valence-corrected chi connectivity index (χ0v) is 12.0. The summed E-state index contributed by atoms with van der Waals surface area (Å²) in [5, 5.41) is 11.1. The predicted molar refractivity (Wildman–Crippen MR) is 69.7 cm³/mol. The summed E-state index contributed by atoms with van der Waals surface area (Å²) in [7, 11) is 0. The lowest BCUT2D eigenvalue weighted by Crippen LogP contribution is -2.36. The summed E-state index contributed by atoms with van der Waals surface area (Å²) in [6.07, 6.45) is 1.65. The summed E-state index contributed by atoms with van der Waals surface area (Å²) >= 11 is 0. The average Bonchev–Trinajstić information content (AvgIpc) is 2.47. The number of benzene rings is 1. The molecule has 8 heteroatoms. The van der Waals surface area contributed by atoms with Crippen LogP contribution in [0.5, 0.6) is 0 Å². The average molecular weight is 321 g/mol. The van der Waals surface area contributed by atoms with E-state index in [-0.39, 0.29) is 0 Å². The Morgan fingerprint density at radius 3 is 1.91 bits per heavy atom. The molecule has 0 fully saturated rings. The van der Waals surface area contributed by atoms with Crippen molar-refractivity contribution >= 4 is 11.9 Å². The molecule has 1 atom stereocenters. The third-order valence-electron chi connectivity index (χ3n) is 3.17. The standard InChI is InChI=1S/C14H15F4NO3/c1-3-5-6(4-2)19-13(20)7-8(14(21)22)10(16)12(18)11(17)9(7)15/h6H,3-5H2,1-2H3,(H,19,20)(H,21,22). The number of carbonyl (C=O) groups is 2. The van der Waals surface area contributed by atoms with E-state index in [2.05, 4.69) is 5.32 Å². The topological polar surface area (TPSA) is 66.4 Å². The number of rotatable bonds is 6. The first kappa shape index (κ1) is 17.9. The molecule has 0 radical (unpaired) electrons. The molecule has 1 aromatic carbocycles. The van der Waals surface area contributed by atoms with Crippen molar-refractivity contribution in [3.63, 3.8) is 0 Å². The van der Waals surface area contributed by atoms with Crippen LogP contribution in [0.2, 0.25) is 0 Å². The summed E-state index contributed by atoms with van der Waals surface area (Å²) in [4.78, 5) is 22.9. The Balaban J connectivity index is 3.39. The van der Waals surface area contributed by atoms with Crippen molar-refractivity contribution in [1.82, 2.24) is 5.32 Å². The molecular formula is C14H15F4NO3. The Kier molecular flexibility index (Phi) is 5.90. The lowest BCUT2D eigenvalue weighted by Gasteiger charge is -2.17. The second kappa shape index (κ2) is 7.24. The fourth-order valence-electron chi connectivity index (χ4n) is 2.03. The van der Waals surface area contributed by atoms with E-state index in [4.69, 9.17) is 5.11 Å². The molecular weight excluding hydrogens is 306 g/mol. The molecule has 1 amide bonds. The fraction of sp³-hybridized carbons (Fsp3) is 0.429. The third kappa shape index (κ3) is 3.37. The first-order chi connectivity index (χ1) is 10.3. The summed E-state index contributed by atoms with van der Waals surface area (Å²) in [6.45, 7) is 3.55. The van der Waals surface area contributed by atoms with E-state index in [9.17, 15) is 27.2 Å². The Hall–Kier alpha value is -2.12. The first-order valence-electron chi connectivity index (χ1n) is 6.66. The van der Waals surface area contributed by atoms with Gasteiger partial charge in [-0.3, -0.25) is 4.79 Å². The Bertz CT molecular complexity index is 604. The molecule has 4 nitrogen and oxygen atoms in total. The molecule has 0 aliphatic carbocycles. The lowest BCUT2D eigenvalue weighted by atomic mass is 10.0. The maximum atomic E-state index is 13.7. The van der Waals surface area contributed by atoms with Crippen LogP contribution in [0.3, 0.4) is 0 Å². The Morgan fingerprint density at radius 2 is 1.50 bits per heavy atom. The Morgan fingerprint density at radius 1 is 1.00 bits per heavy atom. The highest BCUT2D eigenvalue weighted by atomic mass is 19.2. The molecule has 0 aliphatic heterocycles. The van der Waals surface area contributed by atoms with Gasteiger partial charge in [0.15, 0.2) is 23.3 Å². The number of amides is 1. The minimum absolute atomic E-state index is 0.422. The minimum Gasteiger partial charge on any atom is -0.478 e. The van der Waals surface area contributed by atoms with Gasteiger partial charge in [-0.2, -0.15) is 0 Å². The quantitative estimate of drug-likeness (QED) is 0.480. The molecule has 1 rings (SSSR count). The molecule has 0 bridgehead atoms. The number of nitrogens with one attached hydrogen (secondary N) is 1. The maximum Gasteiger partial charge on any atom is 0.339 e. The van der Waals surface area contributed by atoms with Crippen LogP contribution in [0.25, 0.3) is 0 Å². The molecule has 1 unspecified atom stereocenters. The molecule has 122 valence electrons. The van der Waals surface area contributed by atoms with E-state index >= 15 is 0 Å². The number of aromatic carboxylic acids is 1. The van der Waals surface area contributed by atoms with E-state index in [1.54, 1.807) is 6.92 Å². The van der Waals surface area contributed by atoms with Crippen LogP contribution in [0.15, 0.2) is 0 Å². The van der Waals surface area contributed by atoms with Crippen LogP contribution in [-0.4, -0.2) is 23.0 Å². The normalized spacial score (nSPS) is 12.1. The largest absolute Gasteiger partial charge is 0.478 e. The molecule has 1 aromatic rings. The van der Waals surface area contributed by atoms with Crippen LogP contribution in [-0.2, 0) is 0 Å².